The van der Waals surface area contributed by atoms with Crippen molar-refractivity contribution in [2.24, 2.45) is 0 Å². The van der Waals surface area contributed by atoms with Crippen LogP contribution in [0.2, 0.25) is 0 Å². The summed E-state index contributed by atoms with van der Waals surface area (Å²) in [6.45, 7) is 8.49. The zero-order valence-corrected chi connectivity index (χ0v) is 15.0. The lowest BCUT2D eigenvalue weighted by atomic mass is 10.2. The number of nitrogens with zero attached hydrogens (tertiary/aromatic N) is 2. The molecule has 0 saturated carbocycles. The molecule has 1 aromatic heterocycles. The molecule has 0 radical (unpaired) electrons. The monoisotopic (exact) mass is 348 g/mol. The van der Waals surface area contributed by atoms with Crippen molar-refractivity contribution < 1.29 is 14.3 Å². The van der Waals surface area contributed by atoms with Gasteiger partial charge in [-0.3, -0.25) is 4.79 Å². The van der Waals surface area contributed by atoms with Gasteiger partial charge in [0.05, 0.1) is 25.4 Å². The summed E-state index contributed by atoms with van der Waals surface area (Å²) in [7, 11) is 0. The van der Waals surface area contributed by atoms with Gasteiger partial charge in [-0.15, -0.1) is 0 Å². The summed E-state index contributed by atoms with van der Waals surface area (Å²) < 4.78 is 11.1. The van der Waals surface area contributed by atoms with Gasteiger partial charge >= 0.3 is 0 Å². The van der Waals surface area contributed by atoms with Crippen molar-refractivity contribution in [2.45, 2.75) is 45.1 Å². The third-order valence-corrected chi connectivity index (χ3v) is 4.47. The third-order valence-electron chi connectivity index (χ3n) is 4.47. The van der Waals surface area contributed by atoms with Crippen LogP contribution >= 0.6 is 0 Å². The fourth-order valence-corrected chi connectivity index (χ4v) is 3.32. The molecule has 7 nitrogen and oxygen atoms in total. The van der Waals surface area contributed by atoms with Crippen molar-refractivity contribution in [1.82, 2.24) is 15.6 Å². The van der Waals surface area contributed by atoms with Crippen LogP contribution in [0.1, 0.15) is 25.8 Å². The summed E-state index contributed by atoms with van der Waals surface area (Å²) in [5.41, 5.74) is 0.999. The lowest BCUT2D eigenvalue weighted by molar-refractivity contribution is -0.122. The number of anilines is 1. The highest BCUT2D eigenvalue weighted by Gasteiger charge is 2.23. The van der Waals surface area contributed by atoms with Crippen molar-refractivity contribution >= 4 is 11.7 Å². The molecule has 3 rings (SSSR count). The summed E-state index contributed by atoms with van der Waals surface area (Å²) >= 11 is 0. The Bertz CT molecular complexity index is 550. The molecule has 2 aliphatic rings. The van der Waals surface area contributed by atoms with Crippen molar-refractivity contribution in [1.29, 1.82) is 0 Å². The highest BCUT2D eigenvalue weighted by Crippen LogP contribution is 2.18. The van der Waals surface area contributed by atoms with Crippen molar-refractivity contribution in [3.8, 4) is 0 Å². The molecule has 0 aromatic carbocycles. The maximum Gasteiger partial charge on any atom is 0.221 e. The number of amides is 1. The van der Waals surface area contributed by atoms with Gasteiger partial charge in [-0.1, -0.05) is 6.07 Å². The first-order valence-corrected chi connectivity index (χ1v) is 9.03. The van der Waals surface area contributed by atoms with Gasteiger partial charge in [0.25, 0.3) is 0 Å². The molecule has 0 spiro atoms. The van der Waals surface area contributed by atoms with E-state index >= 15 is 0 Å². The summed E-state index contributed by atoms with van der Waals surface area (Å²) in [6, 6.07) is 4.15. The van der Waals surface area contributed by atoms with Gasteiger partial charge in [0.1, 0.15) is 5.82 Å². The number of rotatable bonds is 5. The molecule has 3 unspecified atom stereocenters. The molecule has 138 valence electrons. The fourth-order valence-electron chi connectivity index (χ4n) is 3.32. The van der Waals surface area contributed by atoms with Crippen LogP contribution in [0.15, 0.2) is 18.3 Å². The molecule has 2 N–H and O–H groups in total. The van der Waals surface area contributed by atoms with Crippen LogP contribution < -0.4 is 15.5 Å². The number of aromatic nitrogens is 1. The molecule has 0 aliphatic carbocycles. The molecular weight excluding hydrogens is 320 g/mol. The first kappa shape index (κ1) is 18.1. The van der Waals surface area contributed by atoms with Crippen LogP contribution in [0.5, 0.6) is 0 Å². The van der Waals surface area contributed by atoms with E-state index in [2.05, 4.69) is 34.4 Å². The first-order valence-electron chi connectivity index (χ1n) is 9.03. The molecule has 7 heteroatoms. The largest absolute Gasteiger partial charge is 0.378 e. The van der Waals surface area contributed by atoms with E-state index in [1.165, 1.54) is 0 Å². The molecular formula is C18H28N4O3. The zero-order valence-electron chi connectivity index (χ0n) is 15.0. The van der Waals surface area contributed by atoms with Gasteiger partial charge < -0.3 is 25.0 Å². The molecule has 1 aromatic rings. The molecule has 0 bridgehead atoms. The zero-order chi connectivity index (χ0) is 17.6. The summed E-state index contributed by atoms with van der Waals surface area (Å²) in [4.78, 5) is 18.8. The molecule has 25 heavy (non-hydrogen) atoms. The predicted octanol–water partition coefficient (Wildman–Crippen LogP) is 0.690. The molecule has 3 heterocycles. The lowest BCUT2D eigenvalue weighted by Gasteiger charge is -2.36. The Morgan fingerprint density at radius 2 is 2.16 bits per heavy atom. The van der Waals surface area contributed by atoms with E-state index in [0.717, 1.165) is 37.6 Å². The highest BCUT2D eigenvalue weighted by molar-refractivity contribution is 5.76. The number of nitrogens with one attached hydrogen (secondary N) is 2. The van der Waals surface area contributed by atoms with Crippen LogP contribution in [0.25, 0.3) is 0 Å². The van der Waals surface area contributed by atoms with E-state index in [4.69, 9.17) is 9.47 Å². The van der Waals surface area contributed by atoms with E-state index in [0.29, 0.717) is 19.6 Å². The smallest absolute Gasteiger partial charge is 0.221 e. The average molecular weight is 348 g/mol. The Balaban J connectivity index is 1.46. The molecule has 3 atom stereocenters. The highest BCUT2D eigenvalue weighted by atomic mass is 16.5. The first-order chi connectivity index (χ1) is 12.1. The van der Waals surface area contributed by atoms with Crippen LogP contribution in [0, 0.1) is 0 Å². The number of carbonyl (C=O) groups is 1. The van der Waals surface area contributed by atoms with Crippen molar-refractivity contribution in [3.63, 3.8) is 0 Å². The van der Waals surface area contributed by atoms with Gasteiger partial charge in [-0.05, 0) is 25.5 Å². The number of carbonyl (C=O) groups excluding carboxylic acids is 1. The summed E-state index contributed by atoms with van der Waals surface area (Å²) in [5.74, 6) is 0.989. The van der Waals surface area contributed by atoms with Crippen LogP contribution in [-0.2, 0) is 20.8 Å². The average Bonchev–Trinajstić information content (AvgIpc) is 2.60. The third kappa shape index (κ3) is 5.39. The van der Waals surface area contributed by atoms with E-state index in [9.17, 15) is 4.79 Å². The summed E-state index contributed by atoms with van der Waals surface area (Å²) in [6.07, 6.45) is 2.70. The second-order valence-electron chi connectivity index (χ2n) is 6.89. The van der Waals surface area contributed by atoms with Gasteiger partial charge in [0, 0.05) is 44.8 Å². The molecule has 2 fully saturated rings. The van der Waals surface area contributed by atoms with Gasteiger partial charge in [0.2, 0.25) is 5.91 Å². The van der Waals surface area contributed by atoms with E-state index < -0.39 is 0 Å². The maximum atomic E-state index is 12.0. The quantitative estimate of drug-likeness (QED) is 0.815. The van der Waals surface area contributed by atoms with E-state index in [1.54, 1.807) is 0 Å². The maximum absolute atomic E-state index is 12.0. The summed E-state index contributed by atoms with van der Waals surface area (Å²) in [5, 5.41) is 6.24. The number of ether oxygens (including phenoxy) is 2. The van der Waals surface area contributed by atoms with Gasteiger partial charge in [0.15, 0.2) is 0 Å². The van der Waals surface area contributed by atoms with Crippen LogP contribution in [0.3, 0.4) is 0 Å². The Kier molecular flexibility index (Phi) is 6.23. The fraction of sp³-hybridized carbons (Fsp3) is 0.667. The van der Waals surface area contributed by atoms with Gasteiger partial charge in [-0.2, -0.15) is 0 Å². The van der Waals surface area contributed by atoms with Crippen molar-refractivity contribution in [2.75, 3.05) is 37.7 Å². The van der Waals surface area contributed by atoms with E-state index in [-0.39, 0.29) is 24.2 Å². The second kappa shape index (κ2) is 8.60. The lowest BCUT2D eigenvalue weighted by Crippen LogP contribution is -2.45. The number of hydrogen-bond acceptors (Lipinski definition) is 6. The number of hydrogen-bond donors (Lipinski definition) is 2. The standard InChI is InChI=1S/C18H28N4O3/c1-13-10-22(11-14(2)25-13)17-4-3-15(8-20-17)9-21-18(23)7-16-12-24-6-5-19-16/h3-4,8,13-14,16,19H,5-7,9-12H2,1-2H3,(H,21,23). The SMILES string of the molecule is CC1CN(c2ccc(CNC(=O)CC3COCCN3)cn2)CC(C)O1. The molecule has 2 aliphatic heterocycles. The normalized spacial score (nSPS) is 27.1. The van der Waals surface area contributed by atoms with Gasteiger partial charge in [-0.25, -0.2) is 4.98 Å². The minimum atomic E-state index is 0.0305. The minimum Gasteiger partial charge on any atom is -0.378 e. The topological polar surface area (TPSA) is 75.7 Å². The van der Waals surface area contributed by atoms with Crippen LogP contribution in [0.4, 0.5) is 5.82 Å². The molecule has 1 amide bonds. The minimum absolute atomic E-state index is 0.0305. The Morgan fingerprint density at radius 3 is 2.80 bits per heavy atom. The number of morpholine rings is 2. The number of pyridine rings is 1. The second-order valence-corrected chi connectivity index (χ2v) is 6.89. The Morgan fingerprint density at radius 1 is 1.36 bits per heavy atom. The molecule has 2 saturated heterocycles. The van der Waals surface area contributed by atoms with Crippen molar-refractivity contribution in [3.05, 3.63) is 23.9 Å². The van der Waals surface area contributed by atoms with Crippen LogP contribution in [-0.4, -0.2) is 62.0 Å². The Hall–Kier alpha value is -1.70. The van der Waals surface area contributed by atoms with E-state index in [1.807, 2.05) is 18.3 Å². The predicted molar refractivity (Wildman–Crippen MR) is 95.5 cm³/mol. The Labute approximate surface area is 149 Å².